The van der Waals surface area contributed by atoms with Crippen LogP contribution in [0, 0.1) is 5.92 Å². The molecule has 2 atom stereocenters. The first kappa shape index (κ1) is 13.1. The lowest BCUT2D eigenvalue weighted by molar-refractivity contribution is -0.123. The Kier molecular flexibility index (Phi) is 4.02. The predicted molar refractivity (Wildman–Crippen MR) is 72.8 cm³/mol. The van der Waals surface area contributed by atoms with E-state index in [0.717, 1.165) is 6.54 Å². The number of hydrogen-bond donors (Lipinski definition) is 0. The summed E-state index contributed by atoms with van der Waals surface area (Å²) in [6.07, 6.45) is 0.653. The number of Topliss-reactive ketones (excluding diaryl/α,β-unsaturated/α-hetero) is 1. The molecule has 1 aliphatic rings. The fourth-order valence-electron chi connectivity index (χ4n) is 2.56. The molecule has 3 nitrogen and oxygen atoms in total. The molecular formula is C15H21NO2. The summed E-state index contributed by atoms with van der Waals surface area (Å²) in [6.45, 7) is 5.61. The number of anilines is 1. The zero-order chi connectivity index (χ0) is 13.1. The molecule has 1 aromatic carbocycles. The zero-order valence-electron chi connectivity index (χ0n) is 11.3. The Hall–Kier alpha value is -1.35. The zero-order valence-corrected chi connectivity index (χ0v) is 11.3. The molecule has 18 heavy (non-hydrogen) atoms. The van der Waals surface area contributed by atoms with Crippen LogP contribution >= 0.6 is 0 Å². The topological polar surface area (TPSA) is 29.5 Å². The molecule has 98 valence electrons. The molecule has 0 bridgehead atoms. The van der Waals surface area contributed by atoms with Crippen LogP contribution in [0.2, 0.25) is 0 Å². The lowest BCUT2D eigenvalue weighted by Crippen LogP contribution is -2.47. The number of carbonyl (C=O) groups excluding carboxylic acids is 1. The van der Waals surface area contributed by atoms with Gasteiger partial charge in [0.2, 0.25) is 0 Å². The molecule has 3 heteroatoms. The number of nitrogens with zero attached hydrogens (tertiary/aromatic N) is 1. The van der Waals surface area contributed by atoms with Crippen LogP contribution in [0.1, 0.15) is 25.8 Å². The van der Waals surface area contributed by atoms with Gasteiger partial charge in [-0.3, -0.25) is 4.79 Å². The fourth-order valence-corrected chi connectivity index (χ4v) is 2.56. The number of rotatable bonds is 3. The third-order valence-electron chi connectivity index (χ3n) is 3.88. The number of ether oxygens (including phenoxy) is 1. The van der Waals surface area contributed by atoms with Gasteiger partial charge in [-0.2, -0.15) is 0 Å². The maximum absolute atomic E-state index is 11.7. The molecule has 2 rings (SSSR count). The van der Waals surface area contributed by atoms with E-state index in [-0.39, 0.29) is 12.0 Å². The van der Waals surface area contributed by atoms with Crippen LogP contribution < -0.4 is 4.90 Å². The second kappa shape index (κ2) is 5.53. The van der Waals surface area contributed by atoms with Gasteiger partial charge in [0.05, 0.1) is 6.61 Å². The molecule has 0 saturated carbocycles. The second-order valence-corrected chi connectivity index (χ2v) is 5.04. The summed E-state index contributed by atoms with van der Waals surface area (Å²) in [5.74, 6) is 0.497. The number of ketones is 1. The normalized spacial score (nSPS) is 24.4. The summed E-state index contributed by atoms with van der Waals surface area (Å²) < 4.78 is 5.16. The summed E-state index contributed by atoms with van der Waals surface area (Å²) in [5, 5.41) is 0. The van der Waals surface area contributed by atoms with Crippen LogP contribution in [0.5, 0.6) is 0 Å². The van der Waals surface area contributed by atoms with Crippen LogP contribution in [-0.4, -0.2) is 25.5 Å². The van der Waals surface area contributed by atoms with Gasteiger partial charge in [0.15, 0.2) is 0 Å². The minimum atomic E-state index is 0.116. The Balaban J connectivity index is 2.20. The van der Waals surface area contributed by atoms with E-state index in [9.17, 15) is 4.79 Å². The molecule has 0 amide bonds. The Labute approximate surface area is 109 Å². The van der Waals surface area contributed by atoms with E-state index < -0.39 is 0 Å². The third kappa shape index (κ3) is 2.56. The maximum atomic E-state index is 11.7. The summed E-state index contributed by atoms with van der Waals surface area (Å²) in [5.41, 5.74) is 2.36. The highest BCUT2D eigenvalue weighted by atomic mass is 16.5. The number of carbonyl (C=O) groups is 1. The van der Waals surface area contributed by atoms with E-state index in [1.165, 1.54) is 11.3 Å². The average Bonchev–Trinajstić information content (AvgIpc) is 2.37. The van der Waals surface area contributed by atoms with E-state index in [1.807, 2.05) is 6.92 Å². The van der Waals surface area contributed by atoms with Gasteiger partial charge < -0.3 is 9.64 Å². The largest absolute Gasteiger partial charge is 0.380 e. The molecular weight excluding hydrogens is 226 g/mol. The van der Waals surface area contributed by atoms with Crippen molar-refractivity contribution in [1.82, 2.24) is 0 Å². The number of benzene rings is 1. The Morgan fingerprint density at radius 3 is 2.89 bits per heavy atom. The highest BCUT2D eigenvalue weighted by Crippen LogP contribution is 2.27. The van der Waals surface area contributed by atoms with Crippen LogP contribution in [0.25, 0.3) is 0 Å². The average molecular weight is 247 g/mol. The molecule has 1 aromatic rings. The Morgan fingerprint density at radius 2 is 2.17 bits per heavy atom. The van der Waals surface area contributed by atoms with E-state index in [2.05, 4.69) is 36.1 Å². The number of piperidine rings is 1. The molecule has 0 spiro atoms. The van der Waals surface area contributed by atoms with Crippen molar-refractivity contribution in [1.29, 1.82) is 0 Å². The van der Waals surface area contributed by atoms with Crippen molar-refractivity contribution in [3.8, 4) is 0 Å². The van der Waals surface area contributed by atoms with Crippen LogP contribution in [-0.2, 0) is 16.1 Å². The van der Waals surface area contributed by atoms with Crippen molar-refractivity contribution in [2.75, 3.05) is 18.6 Å². The van der Waals surface area contributed by atoms with Crippen molar-refractivity contribution < 1.29 is 9.53 Å². The van der Waals surface area contributed by atoms with Crippen LogP contribution in [0.3, 0.4) is 0 Å². The molecule has 1 fully saturated rings. The molecule has 1 saturated heterocycles. The second-order valence-electron chi connectivity index (χ2n) is 5.04. The highest BCUT2D eigenvalue weighted by Gasteiger charge is 2.30. The first-order chi connectivity index (χ1) is 8.63. The molecule has 0 aromatic heterocycles. The predicted octanol–water partition coefficient (Wildman–Crippen LogP) is 2.64. The molecule has 0 N–H and O–H groups in total. The quantitative estimate of drug-likeness (QED) is 0.822. The first-order valence-corrected chi connectivity index (χ1v) is 6.50. The summed E-state index contributed by atoms with van der Waals surface area (Å²) in [4.78, 5) is 14.0. The Morgan fingerprint density at radius 1 is 1.39 bits per heavy atom. The fraction of sp³-hybridized carbons (Fsp3) is 0.533. The van der Waals surface area contributed by atoms with Crippen molar-refractivity contribution >= 4 is 11.5 Å². The van der Waals surface area contributed by atoms with Crippen LogP contribution in [0.4, 0.5) is 5.69 Å². The molecule has 0 aliphatic carbocycles. The standard InChI is InChI=1S/C15H21NO2/c1-11-12(2)16(8-7-15(11)17)14-6-4-5-13(9-14)10-18-3/h4-6,9,11-12H,7-8,10H2,1-3H3. The SMILES string of the molecule is COCc1cccc(N2CCC(=O)C(C)C2C)c1. The van der Waals surface area contributed by atoms with Crippen molar-refractivity contribution in [3.05, 3.63) is 29.8 Å². The van der Waals surface area contributed by atoms with E-state index in [0.29, 0.717) is 18.8 Å². The summed E-state index contributed by atoms with van der Waals surface area (Å²) in [6, 6.07) is 8.65. The van der Waals surface area contributed by atoms with Crippen LogP contribution in [0.15, 0.2) is 24.3 Å². The van der Waals surface area contributed by atoms with E-state index in [4.69, 9.17) is 4.74 Å². The van der Waals surface area contributed by atoms with Gasteiger partial charge in [-0.05, 0) is 24.6 Å². The van der Waals surface area contributed by atoms with E-state index in [1.54, 1.807) is 7.11 Å². The third-order valence-corrected chi connectivity index (χ3v) is 3.88. The molecule has 2 unspecified atom stereocenters. The van der Waals surface area contributed by atoms with Crippen molar-refractivity contribution in [3.63, 3.8) is 0 Å². The van der Waals surface area contributed by atoms with Gasteiger partial charge in [-0.25, -0.2) is 0 Å². The number of hydrogen-bond acceptors (Lipinski definition) is 3. The lowest BCUT2D eigenvalue weighted by Gasteiger charge is -2.38. The van der Waals surface area contributed by atoms with Gasteiger partial charge in [0, 0.05) is 37.7 Å². The van der Waals surface area contributed by atoms with Crippen molar-refractivity contribution in [2.45, 2.75) is 32.9 Å². The van der Waals surface area contributed by atoms with Gasteiger partial charge in [0.1, 0.15) is 5.78 Å². The minimum absolute atomic E-state index is 0.116. The van der Waals surface area contributed by atoms with E-state index >= 15 is 0 Å². The minimum Gasteiger partial charge on any atom is -0.380 e. The summed E-state index contributed by atoms with van der Waals surface area (Å²) >= 11 is 0. The molecule has 1 heterocycles. The van der Waals surface area contributed by atoms with Crippen molar-refractivity contribution in [2.24, 2.45) is 5.92 Å². The lowest BCUT2D eigenvalue weighted by atomic mass is 9.90. The smallest absolute Gasteiger partial charge is 0.139 e. The monoisotopic (exact) mass is 247 g/mol. The van der Waals surface area contributed by atoms with Gasteiger partial charge >= 0.3 is 0 Å². The molecule has 0 radical (unpaired) electrons. The van der Waals surface area contributed by atoms with Gasteiger partial charge in [0.25, 0.3) is 0 Å². The highest BCUT2D eigenvalue weighted by molar-refractivity contribution is 5.84. The Bertz CT molecular complexity index is 430. The number of methoxy groups -OCH3 is 1. The first-order valence-electron chi connectivity index (χ1n) is 6.50. The molecule has 1 aliphatic heterocycles. The van der Waals surface area contributed by atoms with Gasteiger partial charge in [-0.15, -0.1) is 0 Å². The summed E-state index contributed by atoms with van der Waals surface area (Å²) in [7, 11) is 1.71. The van der Waals surface area contributed by atoms with Gasteiger partial charge in [-0.1, -0.05) is 19.1 Å². The maximum Gasteiger partial charge on any atom is 0.139 e.